The smallest absolute Gasteiger partial charge is 0.251 e. The number of nitrogens with zero attached hydrogens (tertiary/aromatic N) is 2. The molecule has 0 saturated carbocycles. The number of carbonyl (C=O) groups excluding carboxylic acids is 1. The van der Waals surface area contributed by atoms with Crippen LogP contribution in [0.3, 0.4) is 0 Å². The van der Waals surface area contributed by atoms with Crippen molar-refractivity contribution in [1.29, 1.82) is 0 Å². The molecule has 26 heavy (non-hydrogen) atoms. The molecule has 0 fully saturated rings. The first-order valence-corrected chi connectivity index (χ1v) is 9.69. The van der Waals surface area contributed by atoms with E-state index in [0.717, 1.165) is 49.2 Å². The first kappa shape index (κ1) is 20.2. The van der Waals surface area contributed by atoms with E-state index in [4.69, 9.17) is 5.73 Å². The summed E-state index contributed by atoms with van der Waals surface area (Å²) in [5.41, 5.74) is 10.9. The fourth-order valence-electron chi connectivity index (χ4n) is 3.66. The summed E-state index contributed by atoms with van der Waals surface area (Å²) in [7, 11) is 4.18. The highest BCUT2D eigenvalue weighted by atomic mass is 16.1. The molecule has 1 amide bonds. The standard InChI is InChI=1S/C22H33N3O/c1-5-6-8-14-19-21(18-12-9-7-10-13-18)20(22(23)26)17(2)25(19)16-11-15-24(3)4/h7,9-10,12-13H,5-6,8,11,14-16H2,1-4H3,(H2,23,26). The van der Waals surface area contributed by atoms with Crippen LogP contribution in [0.5, 0.6) is 0 Å². The molecule has 0 spiro atoms. The first-order valence-electron chi connectivity index (χ1n) is 9.69. The number of amides is 1. The van der Waals surface area contributed by atoms with Gasteiger partial charge in [0.1, 0.15) is 0 Å². The van der Waals surface area contributed by atoms with Crippen molar-refractivity contribution >= 4 is 5.91 Å². The number of rotatable bonds is 10. The molecule has 0 saturated heterocycles. The Morgan fingerprint density at radius 3 is 2.38 bits per heavy atom. The van der Waals surface area contributed by atoms with Crippen LogP contribution in [-0.4, -0.2) is 36.0 Å². The Hall–Kier alpha value is -2.07. The fourth-order valence-corrected chi connectivity index (χ4v) is 3.66. The third kappa shape index (κ3) is 4.76. The van der Waals surface area contributed by atoms with Crippen LogP contribution in [0.1, 0.15) is 54.4 Å². The second kappa shape index (κ2) is 9.58. The van der Waals surface area contributed by atoms with Gasteiger partial charge in [0.25, 0.3) is 5.91 Å². The van der Waals surface area contributed by atoms with E-state index in [1.165, 1.54) is 18.5 Å². The number of benzene rings is 1. The highest BCUT2D eigenvalue weighted by Gasteiger charge is 2.24. The van der Waals surface area contributed by atoms with Crippen molar-refractivity contribution in [3.05, 3.63) is 47.3 Å². The predicted octanol–water partition coefficient (Wildman–Crippen LogP) is 4.25. The molecule has 1 aromatic carbocycles. The summed E-state index contributed by atoms with van der Waals surface area (Å²) in [6.07, 6.45) is 5.54. The van der Waals surface area contributed by atoms with Gasteiger partial charge in [-0.15, -0.1) is 0 Å². The Labute approximate surface area is 158 Å². The maximum atomic E-state index is 12.3. The zero-order valence-electron chi connectivity index (χ0n) is 16.7. The van der Waals surface area contributed by atoms with Gasteiger partial charge in [-0.1, -0.05) is 50.1 Å². The number of unbranched alkanes of at least 4 members (excludes halogenated alkanes) is 2. The van der Waals surface area contributed by atoms with E-state index in [-0.39, 0.29) is 5.91 Å². The van der Waals surface area contributed by atoms with Gasteiger partial charge in [-0.2, -0.15) is 0 Å². The molecule has 4 heteroatoms. The van der Waals surface area contributed by atoms with Crippen molar-refractivity contribution in [2.45, 2.75) is 52.5 Å². The molecule has 142 valence electrons. The molecule has 0 unspecified atom stereocenters. The summed E-state index contributed by atoms with van der Waals surface area (Å²) in [5.74, 6) is -0.329. The third-order valence-electron chi connectivity index (χ3n) is 4.94. The lowest BCUT2D eigenvalue weighted by molar-refractivity contribution is 0.1000. The molecule has 1 aromatic heterocycles. The third-order valence-corrected chi connectivity index (χ3v) is 4.94. The molecule has 2 N–H and O–H groups in total. The van der Waals surface area contributed by atoms with E-state index >= 15 is 0 Å². The molecule has 0 aliphatic rings. The van der Waals surface area contributed by atoms with Gasteiger partial charge in [0, 0.05) is 23.5 Å². The van der Waals surface area contributed by atoms with E-state index < -0.39 is 0 Å². The average Bonchev–Trinajstić information content (AvgIpc) is 2.88. The molecule has 0 radical (unpaired) electrons. The van der Waals surface area contributed by atoms with E-state index in [9.17, 15) is 4.79 Å². The zero-order valence-corrected chi connectivity index (χ0v) is 16.7. The molecular formula is C22H33N3O. The van der Waals surface area contributed by atoms with Crippen molar-refractivity contribution < 1.29 is 4.79 Å². The minimum atomic E-state index is -0.329. The minimum Gasteiger partial charge on any atom is -0.366 e. The van der Waals surface area contributed by atoms with Gasteiger partial charge in [-0.3, -0.25) is 4.79 Å². The number of aromatic nitrogens is 1. The zero-order chi connectivity index (χ0) is 19.1. The molecule has 4 nitrogen and oxygen atoms in total. The molecule has 2 aromatic rings. The maximum Gasteiger partial charge on any atom is 0.251 e. The summed E-state index contributed by atoms with van der Waals surface area (Å²) < 4.78 is 2.33. The van der Waals surface area contributed by atoms with Crippen molar-refractivity contribution in [3.8, 4) is 11.1 Å². The van der Waals surface area contributed by atoms with Crippen molar-refractivity contribution in [3.63, 3.8) is 0 Å². The van der Waals surface area contributed by atoms with Gasteiger partial charge in [0.2, 0.25) is 0 Å². The lowest BCUT2D eigenvalue weighted by Gasteiger charge is -2.15. The molecule has 0 aliphatic heterocycles. The minimum absolute atomic E-state index is 0.329. The van der Waals surface area contributed by atoms with Crippen LogP contribution in [0.4, 0.5) is 0 Å². The summed E-state index contributed by atoms with van der Waals surface area (Å²) in [5, 5.41) is 0. The molecule has 2 rings (SSSR count). The monoisotopic (exact) mass is 355 g/mol. The Balaban J connectivity index is 2.52. The highest BCUT2D eigenvalue weighted by molar-refractivity contribution is 6.02. The fraction of sp³-hybridized carbons (Fsp3) is 0.500. The van der Waals surface area contributed by atoms with Gasteiger partial charge >= 0.3 is 0 Å². The van der Waals surface area contributed by atoms with Crippen LogP contribution in [0.15, 0.2) is 30.3 Å². The van der Waals surface area contributed by atoms with Gasteiger partial charge in [-0.25, -0.2) is 0 Å². The van der Waals surface area contributed by atoms with Crippen molar-refractivity contribution in [2.24, 2.45) is 5.73 Å². The second-order valence-electron chi connectivity index (χ2n) is 7.28. The number of nitrogens with two attached hydrogens (primary N) is 1. The lowest BCUT2D eigenvalue weighted by Crippen LogP contribution is -2.17. The Morgan fingerprint density at radius 2 is 1.81 bits per heavy atom. The van der Waals surface area contributed by atoms with Crippen LogP contribution in [0, 0.1) is 6.92 Å². The van der Waals surface area contributed by atoms with Crippen molar-refractivity contribution in [1.82, 2.24) is 9.47 Å². The van der Waals surface area contributed by atoms with Crippen molar-refractivity contribution in [2.75, 3.05) is 20.6 Å². The van der Waals surface area contributed by atoms with Crippen LogP contribution >= 0.6 is 0 Å². The summed E-state index contributed by atoms with van der Waals surface area (Å²) >= 11 is 0. The first-order chi connectivity index (χ1) is 12.5. The van der Waals surface area contributed by atoms with E-state index in [1.807, 2.05) is 25.1 Å². The topological polar surface area (TPSA) is 51.3 Å². The van der Waals surface area contributed by atoms with E-state index in [2.05, 4.69) is 42.6 Å². The van der Waals surface area contributed by atoms with Crippen LogP contribution in [0.25, 0.3) is 11.1 Å². The molecule has 0 aliphatic carbocycles. The predicted molar refractivity (Wildman–Crippen MR) is 110 cm³/mol. The van der Waals surface area contributed by atoms with Gasteiger partial charge < -0.3 is 15.2 Å². The molecule has 0 bridgehead atoms. The number of hydrogen-bond donors (Lipinski definition) is 1. The summed E-state index contributed by atoms with van der Waals surface area (Å²) in [4.78, 5) is 14.5. The number of carbonyl (C=O) groups is 1. The SMILES string of the molecule is CCCCCc1c(-c2ccccc2)c(C(N)=O)c(C)n1CCCN(C)C. The summed E-state index contributed by atoms with van der Waals surface area (Å²) in [6, 6.07) is 10.2. The van der Waals surface area contributed by atoms with Crippen LogP contribution in [0.2, 0.25) is 0 Å². The average molecular weight is 356 g/mol. The molecule has 1 heterocycles. The van der Waals surface area contributed by atoms with Crippen LogP contribution in [-0.2, 0) is 13.0 Å². The highest BCUT2D eigenvalue weighted by Crippen LogP contribution is 2.34. The normalized spacial score (nSPS) is 11.3. The number of hydrogen-bond acceptors (Lipinski definition) is 2. The lowest BCUT2D eigenvalue weighted by atomic mass is 9.97. The Morgan fingerprint density at radius 1 is 1.12 bits per heavy atom. The van der Waals surface area contributed by atoms with Gasteiger partial charge in [0.15, 0.2) is 0 Å². The van der Waals surface area contributed by atoms with Gasteiger partial charge in [-0.05, 0) is 52.4 Å². The Kier molecular flexibility index (Phi) is 7.46. The quantitative estimate of drug-likeness (QED) is 0.648. The van der Waals surface area contributed by atoms with E-state index in [0.29, 0.717) is 5.56 Å². The van der Waals surface area contributed by atoms with E-state index in [1.54, 1.807) is 0 Å². The summed E-state index contributed by atoms with van der Waals surface area (Å²) in [6.45, 7) is 6.19. The molecule has 0 atom stereocenters. The van der Waals surface area contributed by atoms with Crippen LogP contribution < -0.4 is 5.73 Å². The second-order valence-corrected chi connectivity index (χ2v) is 7.28. The Bertz CT molecular complexity index is 717. The number of primary amides is 1. The molecular weight excluding hydrogens is 322 g/mol. The largest absolute Gasteiger partial charge is 0.366 e. The maximum absolute atomic E-state index is 12.3. The van der Waals surface area contributed by atoms with Gasteiger partial charge in [0.05, 0.1) is 5.56 Å².